The first-order valence-electron chi connectivity index (χ1n) is 6.69. The van der Waals surface area contributed by atoms with Gasteiger partial charge in [0.15, 0.2) is 0 Å². The Morgan fingerprint density at radius 2 is 1.95 bits per heavy atom. The summed E-state index contributed by atoms with van der Waals surface area (Å²) in [5, 5.41) is 20.5. The number of aliphatic hydroxyl groups excluding tert-OH is 1. The smallest absolute Gasteiger partial charge is 0.273 e. The summed E-state index contributed by atoms with van der Waals surface area (Å²) in [6, 6.07) is 6.57. The second kappa shape index (κ2) is 4.83. The number of benzene rings is 1. The predicted molar refractivity (Wildman–Crippen MR) is 72.2 cm³/mol. The summed E-state index contributed by atoms with van der Waals surface area (Å²) in [7, 11) is 0. The van der Waals surface area contributed by atoms with Crippen LogP contribution in [0.3, 0.4) is 0 Å². The molecule has 0 saturated heterocycles. The summed E-state index contributed by atoms with van der Waals surface area (Å²) >= 11 is 0. The second-order valence-corrected chi connectivity index (χ2v) is 5.44. The largest absolute Gasteiger partial charge is 0.396 e. The van der Waals surface area contributed by atoms with E-state index >= 15 is 0 Å². The van der Waals surface area contributed by atoms with Crippen LogP contribution < -0.4 is 0 Å². The topological polar surface area (TPSA) is 80.4 Å². The van der Waals surface area contributed by atoms with E-state index in [4.69, 9.17) is 0 Å². The van der Waals surface area contributed by atoms with Gasteiger partial charge in [0.1, 0.15) is 5.78 Å². The molecule has 4 atom stereocenters. The van der Waals surface area contributed by atoms with E-state index < -0.39 is 4.92 Å². The maximum atomic E-state index is 12.3. The third-order valence-corrected chi connectivity index (χ3v) is 4.44. The Balaban J connectivity index is 2.01. The van der Waals surface area contributed by atoms with Crippen molar-refractivity contribution in [1.82, 2.24) is 0 Å². The molecule has 2 bridgehead atoms. The molecule has 1 N–H and O–H groups in total. The zero-order chi connectivity index (χ0) is 14.3. The molecule has 0 aliphatic heterocycles. The molecule has 104 valence electrons. The number of fused-ring (bicyclic) bond motifs is 2. The molecule has 1 aromatic rings. The van der Waals surface area contributed by atoms with Gasteiger partial charge in [-0.2, -0.15) is 0 Å². The van der Waals surface area contributed by atoms with Crippen LogP contribution in [0.1, 0.15) is 17.9 Å². The van der Waals surface area contributed by atoms with Gasteiger partial charge in [0.2, 0.25) is 0 Å². The van der Waals surface area contributed by atoms with Crippen molar-refractivity contribution in [1.29, 1.82) is 0 Å². The van der Waals surface area contributed by atoms with Crippen LogP contribution in [0, 0.1) is 27.9 Å². The molecule has 1 fully saturated rings. The van der Waals surface area contributed by atoms with Crippen molar-refractivity contribution < 1.29 is 14.8 Å². The van der Waals surface area contributed by atoms with Gasteiger partial charge in [0.05, 0.1) is 4.92 Å². The van der Waals surface area contributed by atoms with E-state index in [0.29, 0.717) is 12.0 Å². The van der Waals surface area contributed by atoms with Crippen molar-refractivity contribution in [3.63, 3.8) is 0 Å². The van der Waals surface area contributed by atoms with Crippen LogP contribution in [-0.2, 0) is 4.79 Å². The summed E-state index contributed by atoms with van der Waals surface area (Å²) in [5.41, 5.74) is 0.644. The number of ketones is 1. The average molecular weight is 273 g/mol. The standard InChI is InChI=1S/C15H15NO4/c17-8-9-7-13-11(6-5-10(9)15(13)18)12-3-1-2-4-14(12)16(19)20/h1-6,9-11,13,17H,7-8H2/t9-,10+,11+,13+/m1/s1. The van der Waals surface area contributed by atoms with Crippen LogP contribution in [0.4, 0.5) is 5.69 Å². The number of para-hydroxylation sites is 1. The lowest BCUT2D eigenvalue weighted by Crippen LogP contribution is -2.24. The highest BCUT2D eigenvalue weighted by molar-refractivity contribution is 5.90. The molecule has 0 amide bonds. The summed E-state index contributed by atoms with van der Waals surface area (Å²) in [5.74, 6) is -0.657. The quantitative estimate of drug-likeness (QED) is 0.519. The van der Waals surface area contributed by atoms with E-state index in [1.165, 1.54) is 6.07 Å². The summed E-state index contributed by atoms with van der Waals surface area (Å²) in [6.07, 6.45) is 4.31. The van der Waals surface area contributed by atoms with Crippen LogP contribution in [0.25, 0.3) is 0 Å². The van der Waals surface area contributed by atoms with E-state index in [1.54, 1.807) is 18.2 Å². The van der Waals surface area contributed by atoms with Gasteiger partial charge in [-0.1, -0.05) is 30.4 Å². The maximum Gasteiger partial charge on any atom is 0.273 e. The van der Waals surface area contributed by atoms with Crippen LogP contribution in [0.2, 0.25) is 0 Å². The number of carbonyl (C=O) groups excluding carboxylic acids is 1. The number of hydrogen-bond acceptors (Lipinski definition) is 4. The van der Waals surface area contributed by atoms with Crippen molar-refractivity contribution in [3.8, 4) is 0 Å². The van der Waals surface area contributed by atoms with Crippen LogP contribution in [0.5, 0.6) is 0 Å². The fraction of sp³-hybridized carbons (Fsp3) is 0.400. The molecule has 1 saturated carbocycles. The third-order valence-electron chi connectivity index (χ3n) is 4.44. The molecule has 0 unspecified atom stereocenters. The molecular weight excluding hydrogens is 258 g/mol. The van der Waals surface area contributed by atoms with Crippen molar-refractivity contribution in [2.75, 3.05) is 6.61 Å². The lowest BCUT2D eigenvalue weighted by atomic mass is 9.79. The van der Waals surface area contributed by atoms with E-state index in [-0.39, 0.29) is 41.7 Å². The Morgan fingerprint density at radius 1 is 1.25 bits per heavy atom. The van der Waals surface area contributed by atoms with Gasteiger partial charge in [0, 0.05) is 36.0 Å². The highest BCUT2D eigenvalue weighted by atomic mass is 16.6. The number of hydrogen-bond donors (Lipinski definition) is 1. The van der Waals surface area contributed by atoms with Crippen LogP contribution in [-0.4, -0.2) is 22.4 Å². The first kappa shape index (κ1) is 13.0. The lowest BCUT2D eigenvalue weighted by molar-refractivity contribution is -0.385. The Kier molecular flexibility index (Phi) is 3.14. The molecule has 0 heterocycles. The Labute approximate surface area is 116 Å². The molecule has 5 heteroatoms. The van der Waals surface area contributed by atoms with Gasteiger partial charge in [-0.25, -0.2) is 0 Å². The van der Waals surface area contributed by atoms with Crippen LogP contribution in [0.15, 0.2) is 36.4 Å². The van der Waals surface area contributed by atoms with Gasteiger partial charge >= 0.3 is 0 Å². The number of nitrogens with zero attached hydrogens (tertiary/aromatic N) is 1. The first-order valence-corrected chi connectivity index (χ1v) is 6.69. The normalized spacial score (nSPS) is 31.6. The predicted octanol–water partition coefficient (Wildman–Crippen LogP) is 2.06. The molecular formula is C15H15NO4. The van der Waals surface area contributed by atoms with Crippen molar-refractivity contribution in [2.45, 2.75) is 12.3 Å². The SMILES string of the molecule is O=C1[C@H]2C=C[C@@H](c3ccccc3[N+](=O)[O-])[C@@H]1C[C@@H]2CO. The maximum absolute atomic E-state index is 12.3. The van der Waals surface area contributed by atoms with Gasteiger partial charge in [0.25, 0.3) is 5.69 Å². The molecule has 0 aromatic heterocycles. The Morgan fingerprint density at radius 3 is 2.65 bits per heavy atom. The molecule has 0 spiro atoms. The Bertz CT molecular complexity index is 595. The molecule has 2 aliphatic rings. The minimum absolute atomic E-state index is 0.0130. The highest BCUT2D eigenvalue weighted by Crippen LogP contribution is 2.47. The van der Waals surface area contributed by atoms with Gasteiger partial charge in [-0.3, -0.25) is 14.9 Å². The minimum atomic E-state index is -0.405. The molecule has 0 radical (unpaired) electrons. The molecule has 3 rings (SSSR count). The number of Topliss-reactive ketones (excluding diaryl/α,β-unsaturated/α-hetero) is 1. The molecule has 1 aromatic carbocycles. The summed E-state index contributed by atoms with van der Waals surface area (Å²) < 4.78 is 0. The van der Waals surface area contributed by atoms with Crippen molar-refractivity contribution in [3.05, 3.63) is 52.1 Å². The summed E-state index contributed by atoms with van der Waals surface area (Å²) in [4.78, 5) is 23.0. The zero-order valence-corrected chi connectivity index (χ0v) is 10.8. The van der Waals surface area contributed by atoms with E-state index in [1.807, 2.05) is 12.2 Å². The Hall–Kier alpha value is -2.01. The van der Waals surface area contributed by atoms with E-state index in [9.17, 15) is 20.0 Å². The first-order chi connectivity index (χ1) is 9.63. The second-order valence-electron chi connectivity index (χ2n) is 5.44. The number of carbonyl (C=O) groups is 1. The van der Waals surface area contributed by atoms with Crippen molar-refractivity contribution in [2.24, 2.45) is 17.8 Å². The third kappa shape index (κ3) is 1.86. The monoisotopic (exact) mass is 273 g/mol. The molecule has 20 heavy (non-hydrogen) atoms. The summed E-state index contributed by atoms with van der Waals surface area (Å²) in [6.45, 7) is -0.0130. The molecule has 5 nitrogen and oxygen atoms in total. The average Bonchev–Trinajstić information content (AvgIpc) is 2.66. The lowest BCUT2D eigenvalue weighted by Gasteiger charge is -2.23. The minimum Gasteiger partial charge on any atom is -0.396 e. The number of allylic oxidation sites excluding steroid dienone is 2. The van der Waals surface area contributed by atoms with Gasteiger partial charge in [-0.05, 0) is 12.3 Å². The van der Waals surface area contributed by atoms with E-state index in [2.05, 4.69) is 0 Å². The number of nitro groups is 1. The number of nitro benzene ring substituents is 1. The van der Waals surface area contributed by atoms with Crippen LogP contribution >= 0.6 is 0 Å². The fourth-order valence-electron chi connectivity index (χ4n) is 3.46. The number of aliphatic hydroxyl groups is 1. The van der Waals surface area contributed by atoms with Gasteiger partial charge < -0.3 is 5.11 Å². The fourth-order valence-corrected chi connectivity index (χ4v) is 3.46. The van der Waals surface area contributed by atoms with E-state index in [0.717, 1.165) is 0 Å². The highest BCUT2D eigenvalue weighted by Gasteiger charge is 2.47. The van der Waals surface area contributed by atoms with Gasteiger partial charge in [-0.15, -0.1) is 0 Å². The molecule has 2 aliphatic carbocycles. The van der Waals surface area contributed by atoms with Crippen molar-refractivity contribution >= 4 is 11.5 Å². The zero-order valence-electron chi connectivity index (χ0n) is 10.8. The number of rotatable bonds is 3.